The van der Waals surface area contributed by atoms with Crippen LogP contribution in [0.1, 0.15) is 56.7 Å². The number of ether oxygens (including phenoxy) is 1. The first-order chi connectivity index (χ1) is 8.81. The molecule has 4 nitrogen and oxygen atoms in total. The summed E-state index contributed by atoms with van der Waals surface area (Å²) in [7, 11) is 0. The Morgan fingerprint density at radius 3 is 2.94 bits per heavy atom. The molecule has 2 fully saturated rings. The molecule has 1 saturated carbocycles. The van der Waals surface area contributed by atoms with Crippen molar-refractivity contribution in [3.63, 3.8) is 0 Å². The van der Waals surface area contributed by atoms with E-state index in [2.05, 4.69) is 37.1 Å². The first kappa shape index (κ1) is 12.6. The van der Waals surface area contributed by atoms with Gasteiger partial charge in [-0.25, -0.2) is 4.68 Å². The lowest BCUT2D eigenvalue weighted by molar-refractivity contribution is -0.115. The van der Waals surface area contributed by atoms with E-state index in [1.54, 1.807) is 0 Å². The van der Waals surface area contributed by atoms with Gasteiger partial charge in [-0.05, 0) is 25.7 Å². The van der Waals surface area contributed by atoms with Crippen LogP contribution in [-0.4, -0.2) is 27.2 Å². The Balaban J connectivity index is 1.73. The minimum absolute atomic E-state index is 0.141. The number of rotatable bonds is 2. The molecule has 2 heterocycles. The van der Waals surface area contributed by atoms with Crippen LogP contribution < -0.4 is 0 Å². The molecule has 0 amide bonds. The molecule has 2 aliphatic rings. The number of aromatic nitrogens is 3. The fraction of sp³-hybridized carbons (Fsp3) is 0.846. The highest BCUT2D eigenvalue weighted by molar-refractivity contribution is 9.08. The van der Waals surface area contributed by atoms with Gasteiger partial charge in [-0.2, -0.15) is 0 Å². The molecule has 0 N–H and O–H groups in total. The van der Waals surface area contributed by atoms with Crippen molar-refractivity contribution in [2.45, 2.75) is 61.9 Å². The van der Waals surface area contributed by atoms with Gasteiger partial charge in [0.15, 0.2) is 0 Å². The molecule has 100 valence electrons. The Kier molecular flexibility index (Phi) is 3.71. The second kappa shape index (κ2) is 5.29. The number of hydrogen-bond donors (Lipinski definition) is 0. The van der Waals surface area contributed by atoms with E-state index in [1.807, 2.05) is 0 Å². The maximum absolute atomic E-state index is 6.12. The highest BCUT2D eigenvalue weighted by Crippen LogP contribution is 2.41. The van der Waals surface area contributed by atoms with Gasteiger partial charge in [-0.1, -0.05) is 40.4 Å². The van der Waals surface area contributed by atoms with E-state index in [1.165, 1.54) is 32.1 Å². The van der Waals surface area contributed by atoms with Crippen molar-refractivity contribution >= 4 is 15.9 Å². The Bertz CT molecular complexity index is 395. The van der Waals surface area contributed by atoms with E-state index in [-0.39, 0.29) is 5.60 Å². The normalized spacial score (nSPS) is 27.5. The van der Waals surface area contributed by atoms with Crippen LogP contribution in [0.4, 0.5) is 0 Å². The van der Waals surface area contributed by atoms with Crippen LogP contribution in [0.5, 0.6) is 0 Å². The molecule has 0 radical (unpaired) electrons. The summed E-state index contributed by atoms with van der Waals surface area (Å²) in [6, 6.07) is 0.470. The fourth-order valence-electron chi connectivity index (χ4n) is 3.33. The summed E-state index contributed by atoms with van der Waals surface area (Å²) in [5.41, 5.74) is 1.15. The van der Waals surface area contributed by atoms with Gasteiger partial charge in [0.05, 0.1) is 17.3 Å². The number of nitrogens with zero attached hydrogens (tertiary/aromatic N) is 3. The number of hydrogen-bond acceptors (Lipinski definition) is 3. The van der Waals surface area contributed by atoms with Crippen molar-refractivity contribution in [3.8, 4) is 0 Å². The molecule has 18 heavy (non-hydrogen) atoms. The van der Waals surface area contributed by atoms with Gasteiger partial charge in [-0.15, -0.1) is 5.10 Å². The number of alkyl halides is 1. The zero-order chi connectivity index (χ0) is 12.4. The highest BCUT2D eigenvalue weighted by Gasteiger charge is 2.39. The van der Waals surface area contributed by atoms with Crippen LogP contribution in [0.15, 0.2) is 6.20 Å². The smallest absolute Gasteiger partial charge is 0.0932 e. The molecule has 1 aliphatic carbocycles. The van der Waals surface area contributed by atoms with Crippen LogP contribution in [0, 0.1) is 0 Å². The topological polar surface area (TPSA) is 39.9 Å². The summed E-state index contributed by atoms with van der Waals surface area (Å²) in [5.74, 6) is 0. The van der Waals surface area contributed by atoms with E-state index in [0.29, 0.717) is 6.04 Å². The average Bonchev–Trinajstić information content (AvgIpc) is 2.88. The van der Waals surface area contributed by atoms with Crippen LogP contribution >= 0.6 is 15.9 Å². The summed E-state index contributed by atoms with van der Waals surface area (Å²) in [4.78, 5) is 0. The standard InChI is InChI=1S/C13H20BrN3O/c14-9-11-10-17(16-15-11)12-4-7-18-13(8-12)5-2-1-3-6-13/h10,12H,1-9H2. The molecule has 1 aromatic heterocycles. The van der Waals surface area contributed by atoms with Crippen molar-refractivity contribution in [3.05, 3.63) is 11.9 Å². The van der Waals surface area contributed by atoms with E-state index >= 15 is 0 Å². The predicted octanol–water partition coefficient (Wildman–Crippen LogP) is 3.23. The van der Waals surface area contributed by atoms with Gasteiger partial charge in [-0.3, -0.25) is 0 Å². The average molecular weight is 314 g/mol. The Morgan fingerprint density at radius 2 is 2.22 bits per heavy atom. The Hall–Kier alpha value is -0.420. The van der Waals surface area contributed by atoms with Crippen molar-refractivity contribution < 1.29 is 4.74 Å². The van der Waals surface area contributed by atoms with Crippen molar-refractivity contribution in [1.29, 1.82) is 0 Å². The molecule has 1 unspecified atom stereocenters. The molecule has 0 bridgehead atoms. The maximum Gasteiger partial charge on any atom is 0.0932 e. The summed E-state index contributed by atoms with van der Waals surface area (Å²) in [5, 5.41) is 9.22. The van der Waals surface area contributed by atoms with Crippen LogP contribution in [0.3, 0.4) is 0 Å². The molecular formula is C13H20BrN3O. The first-order valence-corrected chi connectivity index (χ1v) is 8.04. The second-order valence-electron chi connectivity index (χ2n) is 5.56. The van der Waals surface area contributed by atoms with Crippen LogP contribution in [0.2, 0.25) is 0 Å². The summed E-state index contributed by atoms with van der Waals surface area (Å²) in [6.07, 6.45) is 10.7. The lowest BCUT2D eigenvalue weighted by Crippen LogP contribution is -2.42. The van der Waals surface area contributed by atoms with E-state index in [0.717, 1.165) is 30.5 Å². The molecule has 1 atom stereocenters. The minimum Gasteiger partial charge on any atom is -0.375 e. The third-order valence-electron chi connectivity index (χ3n) is 4.30. The van der Waals surface area contributed by atoms with Crippen LogP contribution in [-0.2, 0) is 10.1 Å². The quantitative estimate of drug-likeness (QED) is 0.787. The Morgan fingerprint density at radius 1 is 1.39 bits per heavy atom. The van der Waals surface area contributed by atoms with Gasteiger partial charge >= 0.3 is 0 Å². The van der Waals surface area contributed by atoms with Gasteiger partial charge < -0.3 is 4.74 Å². The summed E-state index contributed by atoms with van der Waals surface area (Å²) >= 11 is 3.42. The second-order valence-corrected chi connectivity index (χ2v) is 6.12. The first-order valence-electron chi connectivity index (χ1n) is 6.92. The monoisotopic (exact) mass is 313 g/mol. The van der Waals surface area contributed by atoms with E-state index in [9.17, 15) is 0 Å². The number of halogens is 1. The molecule has 1 saturated heterocycles. The third-order valence-corrected chi connectivity index (χ3v) is 4.88. The van der Waals surface area contributed by atoms with Gasteiger partial charge in [0, 0.05) is 18.1 Å². The zero-order valence-corrected chi connectivity index (χ0v) is 12.2. The van der Waals surface area contributed by atoms with Gasteiger partial charge in [0.2, 0.25) is 0 Å². The van der Waals surface area contributed by atoms with Crippen LogP contribution in [0.25, 0.3) is 0 Å². The fourth-order valence-corrected chi connectivity index (χ4v) is 3.58. The SMILES string of the molecule is BrCc1cn(C2CCOC3(CCCCC3)C2)nn1. The minimum atomic E-state index is 0.141. The van der Waals surface area contributed by atoms with Crippen molar-refractivity contribution in [1.82, 2.24) is 15.0 Å². The zero-order valence-electron chi connectivity index (χ0n) is 10.6. The highest BCUT2D eigenvalue weighted by atomic mass is 79.9. The van der Waals surface area contributed by atoms with E-state index in [4.69, 9.17) is 4.74 Å². The molecule has 1 aliphatic heterocycles. The largest absolute Gasteiger partial charge is 0.375 e. The summed E-state index contributed by atoms with van der Waals surface area (Å²) in [6.45, 7) is 0.869. The Labute approximate surface area is 116 Å². The summed E-state index contributed by atoms with van der Waals surface area (Å²) < 4.78 is 8.17. The molecule has 3 rings (SSSR count). The lowest BCUT2D eigenvalue weighted by atomic mass is 9.78. The third kappa shape index (κ3) is 2.48. The molecular weight excluding hydrogens is 294 g/mol. The van der Waals surface area contributed by atoms with E-state index < -0.39 is 0 Å². The molecule has 1 aromatic rings. The predicted molar refractivity (Wildman–Crippen MR) is 72.7 cm³/mol. The molecule has 0 aromatic carbocycles. The van der Waals surface area contributed by atoms with Gasteiger partial charge in [0.1, 0.15) is 0 Å². The maximum atomic E-state index is 6.12. The van der Waals surface area contributed by atoms with Crippen molar-refractivity contribution in [2.24, 2.45) is 0 Å². The molecule has 5 heteroatoms. The van der Waals surface area contributed by atoms with Crippen molar-refractivity contribution in [2.75, 3.05) is 6.61 Å². The van der Waals surface area contributed by atoms with Gasteiger partial charge in [0.25, 0.3) is 0 Å². The lowest BCUT2D eigenvalue weighted by Gasteiger charge is -2.43. The molecule has 1 spiro atoms.